The van der Waals surface area contributed by atoms with Gasteiger partial charge in [-0.25, -0.2) is 4.79 Å². The molecule has 0 saturated carbocycles. The smallest absolute Gasteiger partial charge is 0.332 e. The Morgan fingerprint density at radius 1 is 1.45 bits per heavy atom. The summed E-state index contributed by atoms with van der Waals surface area (Å²) in [6.07, 6.45) is -1.82. The Hall–Kier alpha value is -2.19. The van der Waals surface area contributed by atoms with Crippen molar-refractivity contribution in [1.29, 1.82) is 0 Å². The normalized spacial score (nSPS) is 11.7. The number of hydrogen-bond acceptors (Lipinski definition) is 5. The molecule has 0 aliphatic carbocycles. The monoisotopic (exact) mass is 302 g/mol. The first kappa shape index (κ1) is 15.9. The summed E-state index contributed by atoms with van der Waals surface area (Å²) in [6, 6.07) is 3.52. The predicted octanol–water partition coefficient (Wildman–Crippen LogP) is 0.814. The van der Waals surface area contributed by atoms with Crippen molar-refractivity contribution < 1.29 is 24.7 Å². The highest BCUT2D eigenvalue weighted by Gasteiger charge is 2.21. The summed E-state index contributed by atoms with van der Waals surface area (Å²) in [4.78, 5) is 32.2. The number of carbonyl (C=O) groups excluding carboxylic acids is 1. The summed E-state index contributed by atoms with van der Waals surface area (Å²) < 4.78 is 0. The minimum Gasteiger partial charge on any atom is -0.479 e. The van der Waals surface area contributed by atoms with Crippen LogP contribution < -0.4 is 5.32 Å². The van der Waals surface area contributed by atoms with Crippen LogP contribution in [0.25, 0.3) is 0 Å². The van der Waals surface area contributed by atoms with Gasteiger partial charge < -0.3 is 15.5 Å². The minimum absolute atomic E-state index is 0.143. The number of carboxylic acids is 1. The summed E-state index contributed by atoms with van der Waals surface area (Å²) in [6.45, 7) is -0.143. The molecule has 1 rings (SSSR count). The number of hydrogen-bond donors (Lipinski definition) is 3. The van der Waals surface area contributed by atoms with Gasteiger partial charge in [0.2, 0.25) is 0 Å². The molecule has 0 aromatic heterocycles. The third-order valence-electron chi connectivity index (χ3n) is 2.39. The number of benzene rings is 1. The molecule has 108 valence electrons. The van der Waals surface area contributed by atoms with Gasteiger partial charge in [-0.15, -0.1) is 0 Å². The number of rotatable bonds is 6. The van der Waals surface area contributed by atoms with Gasteiger partial charge in [0, 0.05) is 24.1 Å². The molecule has 0 aliphatic heterocycles. The topological polar surface area (TPSA) is 130 Å². The SMILES string of the molecule is O=C(NCCC(O)C(=O)O)c1cc(Cl)ccc1[N+](=O)[O-]. The third kappa shape index (κ3) is 4.18. The van der Waals surface area contributed by atoms with Crippen LogP contribution in [-0.4, -0.2) is 39.7 Å². The Morgan fingerprint density at radius 3 is 2.65 bits per heavy atom. The number of nitro benzene ring substituents is 1. The molecule has 1 aromatic carbocycles. The first-order valence-electron chi connectivity index (χ1n) is 5.46. The molecule has 0 spiro atoms. The molecule has 20 heavy (non-hydrogen) atoms. The van der Waals surface area contributed by atoms with E-state index < -0.39 is 28.6 Å². The van der Waals surface area contributed by atoms with Gasteiger partial charge in [-0.1, -0.05) is 11.6 Å². The van der Waals surface area contributed by atoms with Crippen molar-refractivity contribution in [2.45, 2.75) is 12.5 Å². The Kier molecular flexibility index (Phi) is 5.42. The highest BCUT2D eigenvalue weighted by Crippen LogP contribution is 2.22. The van der Waals surface area contributed by atoms with Crippen molar-refractivity contribution in [3.8, 4) is 0 Å². The second-order valence-electron chi connectivity index (χ2n) is 3.82. The molecule has 0 heterocycles. The van der Waals surface area contributed by atoms with E-state index in [0.717, 1.165) is 12.1 Å². The molecular weight excluding hydrogens is 292 g/mol. The van der Waals surface area contributed by atoms with Crippen LogP contribution in [0.2, 0.25) is 5.02 Å². The zero-order valence-electron chi connectivity index (χ0n) is 10.1. The van der Waals surface area contributed by atoms with E-state index in [2.05, 4.69) is 5.32 Å². The molecule has 1 atom stereocenters. The van der Waals surface area contributed by atoms with Gasteiger partial charge in [-0.05, 0) is 12.1 Å². The van der Waals surface area contributed by atoms with E-state index in [-0.39, 0.29) is 23.6 Å². The van der Waals surface area contributed by atoms with Crippen LogP contribution in [0.5, 0.6) is 0 Å². The van der Waals surface area contributed by atoms with Crippen molar-refractivity contribution in [2.75, 3.05) is 6.54 Å². The van der Waals surface area contributed by atoms with Crippen LogP contribution in [0.15, 0.2) is 18.2 Å². The zero-order chi connectivity index (χ0) is 15.3. The number of halogens is 1. The lowest BCUT2D eigenvalue weighted by Gasteiger charge is -2.08. The Labute approximate surface area is 118 Å². The van der Waals surface area contributed by atoms with E-state index in [1.165, 1.54) is 6.07 Å². The van der Waals surface area contributed by atoms with E-state index in [4.69, 9.17) is 21.8 Å². The van der Waals surface area contributed by atoms with Crippen LogP contribution >= 0.6 is 11.6 Å². The van der Waals surface area contributed by atoms with Crippen LogP contribution in [-0.2, 0) is 4.79 Å². The lowest BCUT2D eigenvalue weighted by atomic mass is 10.1. The van der Waals surface area contributed by atoms with Gasteiger partial charge in [0.1, 0.15) is 5.56 Å². The lowest BCUT2D eigenvalue weighted by molar-refractivity contribution is -0.385. The summed E-state index contributed by atoms with van der Waals surface area (Å²) in [7, 11) is 0. The van der Waals surface area contributed by atoms with Crippen molar-refractivity contribution in [2.24, 2.45) is 0 Å². The molecule has 1 amide bonds. The standard InChI is InChI=1S/C11H11ClN2O6/c12-6-1-2-8(14(19)20)7(5-6)10(16)13-4-3-9(15)11(17)18/h1-2,5,9,15H,3-4H2,(H,13,16)(H,17,18). The third-order valence-corrected chi connectivity index (χ3v) is 2.62. The van der Waals surface area contributed by atoms with Crippen molar-refractivity contribution in [3.63, 3.8) is 0 Å². The van der Waals surface area contributed by atoms with Crippen LogP contribution in [0.3, 0.4) is 0 Å². The number of carboxylic acid groups (broad SMARTS) is 1. The van der Waals surface area contributed by atoms with E-state index in [1.54, 1.807) is 0 Å². The Balaban J connectivity index is 2.75. The fourth-order valence-electron chi connectivity index (χ4n) is 1.39. The molecule has 1 aromatic rings. The molecule has 0 saturated heterocycles. The molecule has 0 radical (unpaired) electrons. The summed E-state index contributed by atoms with van der Waals surface area (Å²) in [5.41, 5.74) is -0.641. The number of nitrogens with one attached hydrogen (secondary N) is 1. The minimum atomic E-state index is -1.61. The summed E-state index contributed by atoms with van der Waals surface area (Å²) in [5, 5.41) is 30.7. The maximum Gasteiger partial charge on any atom is 0.332 e. The molecule has 8 nitrogen and oxygen atoms in total. The van der Waals surface area contributed by atoms with E-state index >= 15 is 0 Å². The van der Waals surface area contributed by atoms with Gasteiger partial charge in [0.15, 0.2) is 6.10 Å². The van der Waals surface area contributed by atoms with Gasteiger partial charge in [-0.3, -0.25) is 14.9 Å². The van der Waals surface area contributed by atoms with Gasteiger partial charge in [0.25, 0.3) is 11.6 Å². The molecule has 3 N–H and O–H groups in total. The van der Waals surface area contributed by atoms with Crippen LogP contribution in [0.4, 0.5) is 5.69 Å². The number of nitrogens with zero attached hydrogens (tertiary/aromatic N) is 1. The van der Waals surface area contributed by atoms with E-state index in [1.807, 2.05) is 0 Å². The number of nitro groups is 1. The Bertz CT molecular complexity index is 548. The predicted molar refractivity (Wildman–Crippen MR) is 68.7 cm³/mol. The van der Waals surface area contributed by atoms with Crippen molar-refractivity contribution in [1.82, 2.24) is 5.32 Å². The zero-order valence-corrected chi connectivity index (χ0v) is 10.8. The number of carbonyl (C=O) groups is 2. The fourth-order valence-corrected chi connectivity index (χ4v) is 1.56. The fraction of sp³-hybridized carbons (Fsp3) is 0.273. The molecule has 0 bridgehead atoms. The van der Waals surface area contributed by atoms with Crippen molar-refractivity contribution >= 4 is 29.2 Å². The highest BCUT2D eigenvalue weighted by atomic mass is 35.5. The second-order valence-corrected chi connectivity index (χ2v) is 4.25. The Morgan fingerprint density at radius 2 is 2.10 bits per heavy atom. The number of aliphatic carboxylic acids is 1. The molecule has 0 fully saturated rings. The first-order valence-corrected chi connectivity index (χ1v) is 5.83. The van der Waals surface area contributed by atoms with Crippen molar-refractivity contribution in [3.05, 3.63) is 38.9 Å². The first-order chi connectivity index (χ1) is 9.32. The number of aliphatic hydroxyl groups is 1. The second kappa shape index (κ2) is 6.83. The van der Waals surface area contributed by atoms with Crippen LogP contribution in [0.1, 0.15) is 16.8 Å². The average molecular weight is 303 g/mol. The lowest BCUT2D eigenvalue weighted by Crippen LogP contribution is -2.30. The number of aliphatic hydroxyl groups excluding tert-OH is 1. The largest absolute Gasteiger partial charge is 0.479 e. The van der Waals surface area contributed by atoms with E-state index in [9.17, 15) is 19.7 Å². The molecule has 9 heteroatoms. The van der Waals surface area contributed by atoms with Gasteiger partial charge >= 0.3 is 5.97 Å². The summed E-state index contributed by atoms with van der Waals surface area (Å²) >= 11 is 5.67. The maximum absolute atomic E-state index is 11.8. The summed E-state index contributed by atoms with van der Waals surface area (Å²) in [5.74, 6) is -2.18. The van der Waals surface area contributed by atoms with E-state index in [0.29, 0.717) is 0 Å². The molecule has 0 aliphatic rings. The number of amides is 1. The van der Waals surface area contributed by atoms with Crippen LogP contribution in [0, 0.1) is 10.1 Å². The molecule has 1 unspecified atom stereocenters. The quantitative estimate of drug-likeness (QED) is 0.526. The van der Waals surface area contributed by atoms with Gasteiger partial charge in [-0.2, -0.15) is 0 Å². The highest BCUT2D eigenvalue weighted by molar-refractivity contribution is 6.31. The molecular formula is C11H11ClN2O6. The average Bonchev–Trinajstić information content (AvgIpc) is 2.37. The maximum atomic E-state index is 11.8. The van der Waals surface area contributed by atoms with Gasteiger partial charge in [0.05, 0.1) is 4.92 Å².